The number of nitrogens with one attached hydrogen (secondary N) is 1. The summed E-state index contributed by atoms with van der Waals surface area (Å²) in [6.07, 6.45) is 1.83. The molecule has 2 aromatic carbocycles. The van der Waals surface area contributed by atoms with Gasteiger partial charge in [-0.15, -0.1) is 0 Å². The maximum Gasteiger partial charge on any atom is 0.270 e. The van der Waals surface area contributed by atoms with Gasteiger partial charge in [0.2, 0.25) is 0 Å². The number of nitrogens with zero attached hydrogens (tertiary/aromatic N) is 3. The Hall–Kier alpha value is -3.22. The standard InChI is InChI=1S/C18H18N4O3/c1-21-11-5-8-17(21)20-16-10-9-14(22(24)25)12-15(16)18(23)19-13-6-3-2-4-7-13/h2-4,6-7,9-10,12H,5,8,11H2,1H3,(H,19,23). The van der Waals surface area contributed by atoms with Gasteiger partial charge in [0.1, 0.15) is 5.84 Å². The van der Waals surface area contributed by atoms with Gasteiger partial charge in [-0.2, -0.15) is 0 Å². The van der Waals surface area contributed by atoms with Crippen molar-refractivity contribution in [3.8, 4) is 0 Å². The fourth-order valence-corrected chi connectivity index (χ4v) is 2.71. The molecule has 2 aromatic rings. The number of hydrogen-bond acceptors (Lipinski definition) is 4. The van der Waals surface area contributed by atoms with Crippen molar-refractivity contribution < 1.29 is 9.72 Å². The highest BCUT2D eigenvalue weighted by molar-refractivity contribution is 6.08. The number of nitro benzene ring substituents is 1. The molecule has 0 bridgehead atoms. The van der Waals surface area contributed by atoms with Crippen molar-refractivity contribution >= 4 is 28.8 Å². The average molecular weight is 338 g/mol. The summed E-state index contributed by atoms with van der Waals surface area (Å²) >= 11 is 0. The molecule has 1 heterocycles. The lowest BCUT2D eigenvalue weighted by Gasteiger charge is -2.13. The molecule has 1 amide bonds. The Morgan fingerprint density at radius 3 is 2.64 bits per heavy atom. The second-order valence-electron chi connectivity index (χ2n) is 5.83. The number of benzene rings is 2. The smallest absolute Gasteiger partial charge is 0.270 e. The molecule has 0 aromatic heterocycles. The normalized spacial score (nSPS) is 15.4. The first-order chi connectivity index (χ1) is 12.0. The minimum absolute atomic E-state index is 0.137. The van der Waals surface area contributed by atoms with Crippen LogP contribution in [-0.2, 0) is 0 Å². The Labute approximate surface area is 145 Å². The quantitative estimate of drug-likeness (QED) is 0.681. The molecule has 7 heteroatoms. The number of likely N-dealkylation sites (tertiary alicyclic amines) is 1. The van der Waals surface area contributed by atoms with Gasteiger partial charge in [-0.05, 0) is 24.6 Å². The van der Waals surface area contributed by atoms with Gasteiger partial charge < -0.3 is 10.2 Å². The van der Waals surface area contributed by atoms with Crippen LogP contribution in [0.3, 0.4) is 0 Å². The third-order valence-electron chi connectivity index (χ3n) is 4.05. The largest absolute Gasteiger partial charge is 0.363 e. The third-order valence-corrected chi connectivity index (χ3v) is 4.05. The molecule has 0 saturated carbocycles. The number of amidine groups is 1. The highest BCUT2D eigenvalue weighted by Crippen LogP contribution is 2.27. The minimum atomic E-state index is -0.516. The number of nitro groups is 1. The molecule has 1 saturated heterocycles. The van der Waals surface area contributed by atoms with Crippen LogP contribution in [0.25, 0.3) is 0 Å². The molecule has 0 spiro atoms. The lowest BCUT2D eigenvalue weighted by atomic mass is 10.1. The maximum absolute atomic E-state index is 12.6. The second kappa shape index (κ2) is 7.12. The molecule has 0 radical (unpaired) electrons. The Balaban J connectivity index is 1.98. The average Bonchev–Trinajstić information content (AvgIpc) is 3.00. The predicted molar refractivity (Wildman–Crippen MR) is 96.5 cm³/mol. The number of aliphatic imine (C=N–C) groups is 1. The Bertz CT molecular complexity index is 833. The topological polar surface area (TPSA) is 87.8 Å². The number of amides is 1. The van der Waals surface area contributed by atoms with Gasteiger partial charge in [-0.25, -0.2) is 4.99 Å². The van der Waals surface area contributed by atoms with Crippen LogP contribution in [-0.4, -0.2) is 35.2 Å². The van der Waals surface area contributed by atoms with E-state index >= 15 is 0 Å². The minimum Gasteiger partial charge on any atom is -0.363 e. The lowest BCUT2D eigenvalue weighted by Crippen LogP contribution is -2.19. The summed E-state index contributed by atoms with van der Waals surface area (Å²) in [5.41, 5.74) is 1.10. The van der Waals surface area contributed by atoms with Gasteiger partial charge in [-0.1, -0.05) is 18.2 Å². The monoisotopic (exact) mass is 338 g/mol. The van der Waals surface area contributed by atoms with E-state index in [1.807, 2.05) is 18.0 Å². The van der Waals surface area contributed by atoms with Crippen LogP contribution in [0, 0.1) is 10.1 Å². The van der Waals surface area contributed by atoms with E-state index in [1.54, 1.807) is 24.3 Å². The van der Waals surface area contributed by atoms with Crippen LogP contribution in [0.1, 0.15) is 23.2 Å². The van der Waals surface area contributed by atoms with Crippen molar-refractivity contribution in [1.82, 2.24) is 4.90 Å². The summed E-state index contributed by atoms with van der Waals surface area (Å²) in [5, 5.41) is 13.8. The second-order valence-corrected chi connectivity index (χ2v) is 5.83. The zero-order chi connectivity index (χ0) is 17.8. The van der Waals surface area contributed by atoms with E-state index in [0.717, 1.165) is 25.2 Å². The van der Waals surface area contributed by atoms with E-state index in [2.05, 4.69) is 10.3 Å². The van der Waals surface area contributed by atoms with Gasteiger partial charge in [-0.3, -0.25) is 14.9 Å². The molecule has 128 valence electrons. The molecular weight excluding hydrogens is 320 g/mol. The van der Waals surface area contributed by atoms with E-state index in [9.17, 15) is 14.9 Å². The summed E-state index contributed by atoms with van der Waals surface area (Å²) in [6.45, 7) is 0.914. The zero-order valence-corrected chi connectivity index (χ0v) is 13.8. The van der Waals surface area contributed by atoms with Crippen molar-refractivity contribution in [1.29, 1.82) is 0 Å². The van der Waals surface area contributed by atoms with Crippen molar-refractivity contribution in [3.05, 3.63) is 64.2 Å². The highest BCUT2D eigenvalue weighted by atomic mass is 16.6. The SMILES string of the molecule is CN1CCCC1=Nc1ccc([N+](=O)[O-])cc1C(=O)Nc1ccccc1. The van der Waals surface area contributed by atoms with E-state index in [4.69, 9.17) is 0 Å². The fourth-order valence-electron chi connectivity index (χ4n) is 2.71. The van der Waals surface area contributed by atoms with Gasteiger partial charge in [0.25, 0.3) is 11.6 Å². The Kier molecular flexibility index (Phi) is 4.74. The molecule has 3 rings (SSSR count). The molecule has 1 aliphatic rings. The predicted octanol–water partition coefficient (Wildman–Crippen LogP) is 3.60. The van der Waals surface area contributed by atoms with Crippen molar-refractivity contribution in [2.24, 2.45) is 4.99 Å². The zero-order valence-electron chi connectivity index (χ0n) is 13.8. The maximum atomic E-state index is 12.6. The lowest BCUT2D eigenvalue weighted by molar-refractivity contribution is -0.384. The number of hydrogen-bond donors (Lipinski definition) is 1. The summed E-state index contributed by atoms with van der Waals surface area (Å²) in [6, 6.07) is 13.1. The number of rotatable bonds is 4. The van der Waals surface area contributed by atoms with Crippen LogP contribution >= 0.6 is 0 Å². The third kappa shape index (κ3) is 3.82. The van der Waals surface area contributed by atoms with Gasteiger partial charge in [0.15, 0.2) is 0 Å². The summed E-state index contributed by atoms with van der Waals surface area (Å²) in [7, 11) is 1.95. The molecule has 7 nitrogen and oxygen atoms in total. The molecule has 0 aliphatic carbocycles. The van der Waals surface area contributed by atoms with Gasteiger partial charge in [0, 0.05) is 37.8 Å². The van der Waals surface area contributed by atoms with E-state index in [-0.39, 0.29) is 11.3 Å². The highest BCUT2D eigenvalue weighted by Gasteiger charge is 2.20. The molecule has 0 atom stereocenters. The Morgan fingerprint density at radius 1 is 1.24 bits per heavy atom. The van der Waals surface area contributed by atoms with E-state index in [0.29, 0.717) is 11.4 Å². The summed E-state index contributed by atoms with van der Waals surface area (Å²) in [5.74, 6) is 0.456. The van der Waals surface area contributed by atoms with Crippen LogP contribution in [0.4, 0.5) is 17.1 Å². The molecule has 25 heavy (non-hydrogen) atoms. The number of anilines is 1. The molecule has 1 fully saturated rings. The fraction of sp³-hybridized carbons (Fsp3) is 0.222. The van der Waals surface area contributed by atoms with E-state index < -0.39 is 10.8 Å². The van der Waals surface area contributed by atoms with E-state index in [1.165, 1.54) is 18.2 Å². The first kappa shape index (κ1) is 16.6. The molecular formula is C18H18N4O3. The summed E-state index contributed by atoms with van der Waals surface area (Å²) in [4.78, 5) is 29.8. The number of non-ortho nitro benzene ring substituents is 1. The van der Waals surface area contributed by atoms with Crippen LogP contribution in [0.2, 0.25) is 0 Å². The van der Waals surface area contributed by atoms with Crippen LogP contribution in [0.15, 0.2) is 53.5 Å². The summed E-state index contributed by atoms with van der Waals surface area (Å²) < 4.78 is 0. The first-order valence-corrected chi connectivity index (χ1v) is 7.98. The first-order valence-electron chi connectivity index (χ1n) is 7.98. The van der Waals surface area contributed by atoms with Crippen LogP contribution < -0.4 is 5.32 Å². The number of carbonyl (C=O) groups excluding carboxylic acids is 1. The number of para-hydroxylation sites is 1. The molecule has 0 unspecified atom stereocenters. The van der Waals surface area contributed by atoms with Gasteiger partial charge >= 0.3 is 0 Å². The molecule has 1 aliphatic heterocycles. The van der Waals surface area contributed by atoms with Crippen molar-refractivity contribution in [3.63, 3.8) is 0 Å². The van der Waals surface area contributed by atoms with Crippen molar-refractivity contribution in [2.75, 3.05) is 18.9 Å². The number of carbonyl (C=O) groups is 1. The molecule has 1 N–H and O–H groups in total. The van der Waals surface area contributed by atoms with Crippen molar-refractivity contribution in [2.45, 2.75) is 12.8 Å². The van der Waals surface area contributed by atoms with Gasteiger partial charge in [0.05, 0.1) is 16.2 Å². The Morgan fingerprint density at radius 2 is 2.00 bits per heavy atom. The van der Waals surface area contributed by atoms with Crippen LogP contribution in [0.5, 0.6) is 0 Å².